The van der Waals surface area contributed by atoms with Gasteiger partial charge in [0.2, 0.25) is 5.76 Å². The molecule has 0 unspecified atom stereocenters. The van der Waals surface area contributed by atoms with Crippen LogP contribution in [0.15, 0.2) is 22.8 Å². The van der Waals surface area contributed by atoms with E-state index < -0.39 is 16.1 Å². The number of carboxylic acids is 1. The van der Waals surface area contributed by atoms with Gasteiger partial charge in [0.25, 0.3) is 10.1 Å². The predicted octanol–water partition coefficient (Wildman–Crippen LogP) is 1.19. The third-order valence-corrected chi connectivity index (χ3v) is 3.79. The second-order valence-electron chi connectivity index (χ2n) is 4.94. The highest BCUT2D eigenvalue weighted by atomic mass is 32.2. The average molecular weight is 305 g/mol. The van der Waals surface area contributed by atoms with Crippen LogP contribution in [0, 0.1) is 5.92 Å². The Hall–Kier alpha value is -1.38. The van der Waals surface area contributed by atoms with Gasteiger partial charge >= 0.3 is 5.97 Å². The lowest BCUT2D eigenvalue weighted by atomic mass is 10.0. The van der Waals surface area contributed by atoms with Crippen LogP contribution in [-0.4, -0.2) is 53.8 Å². The van der Waals surface area contributed by atoms with Crippen LogP contribution in [0.1, 0.15) is 24.4 Å². The Morgan fingerprint density at radius 2 is 2.10 bits per heavy atom. The molecule has 0 spiro atoms. The maximum absolute atomic E-state index is 10.4. The smallest absolute Gasteiger partial charge is 0.371 e. The Morgan fingerprint density at radius 1 is 1.50 bits per heavy atom. The number of carbonyl (C=O) groups is 1. The summed E-state index contributed by atoms with van der Waals surface area (Å²) in [6, 6.07) is 3.40. The van der Waals surface area contributed by atoms with Crippen LogP contribution >= 0.6 is 0 Å². The first-order valence-corrected chi connectivity index (χ1v) is 7.76. The summed E-state index contributed by atoms with van der Waals surface area (Å²) in [5, 5.41) is 8.18. The van der Waals surface area contributed by atoms with Gasteiger partial charge in [0.1, 0.15) is 0 Å². The quantitative estimate of drug-likeness (QED) is 0.804. The summed E-state index contributed by atoms with van der Waals surface area (Å²) in [7, 11) is -3.76. The molecule has 1 aromatic rings. The van der Waals surface area contributed by atoms with Crippen molar-refractivity contribution >= 4 is 16.1 Å². The number of likely N-dealkylation sites (tertiary alicyclic amines) is 1. The van der Waals surface area contributed by atoms with E-state index in [1.54, 1.807) is 0 Å². The molecule has 0 amide bonds. The van der Waals surface area contributed by atoms with E-state index in [1.165, 1.54) is 18.4 Å². The van der Waals surface area contributed by atoms with Crippen molar-refractivity contribution < 1.29 is 27.3 Å². The molecule has 0 aromatic carbocycles. The minimum atomic E-state index is -3.76. The first kappa shape index (κ1) is 16.7. The van der Waals surface area contributed by atoms with E-state index in [-0.39, 0.29) is 17.4 Å². The predicted molar refractivity (Wildman–Crippen MR) is 72.3 cm³/mol. The first-order chi connectivity index (χ1) is 9.19. The largest absolute Gasteiger partial charge is 0.475 e. The number of aromatic carboxylic acids is 1. The molecule has 0 radical (unpaired) electrons. The molecular weight excluding hydrogens is 286 g/mol. The van der Waals surface area contributed by atoms with E-state index in [4.69, 9.17) is 9.66 Å². The summed E-state index contributed by atoms with van der Waals surface area (Å²) >= 11 is 0. The van der Waals surface area contributed by atoms with Gasteiger partial charge in [-0.3, -0.25) is 4.55 Å². The van der Waals surface area contributed by atoms with Crippen LogP contribution in [0.3, 0.4) is 0 Å². The zero-order valence-electron chi connectivity index (χ0n) is 11.4. The highest BCUT2D eigenvalue weighted by Gasteiger charge is 2.31. The van der Waals surface area contributed by atoms with Crippen molar-refractivity contribution in [1.82, 2.24) is 4.90 Å². The normalized spacial score (nSPS) is 16.4. The van der Waals surface area contributed by atoms with Crippen LogP contribution in [0.5, 0.6) is 0 Å². The molecule has 1 saturated heterocycles. The van der Waals surface area contributed by atoms with E-state index in [1.807, 2.05) is 0 Å². The number of rotatable bonds is 4. The van der Waals surface area contributed by atoms with E-state index in [2.05, 4.69) is 23.2 Å². The Bertz CT molecular complexity index is 516. The molecule has 1 aromatic heterocycles. The van der Waals surface area contributed by atoms with Crippen LogP contribution in [0.4, 0.5) is 0 Å². The molecule has 0 aliphatic carbocycles. The molecule has 1 aliphatic rings. The number of hydrogen-bond donors (Lipinski definition) is 2. The summed E-state index contributed by atoms with van der Waals surface area (Å²) in [5.74, 6) is -1.02. The molecule has 2 heterocycles. The van der Waals surface area contributed by atoms with E-state index in [0.717, 1.165) is 13.1 Å². The van der Waals surface area contributed by atoms with Gasteiger partial charge in [0.05, 0.1) is 12.0 Å². The minimum Gasteiger partial charge on any atom is -0.475 e. The number of nitrogens with zero attached hydrogens (tertiary/aromatic N) is 1. The third kappa shape index (κ3) is 5.72. The number of hydrogen-bond acceptors (Lipinski definition) is 5. The minimum absolute atomic E-state index is 0.0231. The number of furan rings is 1. The standard InChI is InChI=1S/C7H15NO3S.C5H4O3/c1-6(2)8-3-7(4-8)5-12(9,10)11;6-5(7)4-2-1-3-8-4/h6-7H,3-5H2,1-2H3,(H,9,10,11);1-3H,(H,6,7). The van der Waals surface area contributed by atoms with E-state index in [9.17, 15) is 13.2 Å². The molecule has 1 aliphatic heterocycles. The molecule has 20 heavy (non-hydrogen) atoms. The molecule has 2 rings (SSSR count). The SMILES string of the molecule is CC(C)N1CC(CS(=O)(=O)O)C1.O=C(O)c1ccco1. The summed E-state index contributed by atoms with van der Waals surface area (Å²) in [5.41, 5.74) is 0. The molecule has 0 atom stereocenters. The highest BCUT2D eigenvalue weighted by Crippen LogP contribution is 2.19. The van der Waals surface area contributed by atoms with Gasteiger partial charge in [-0.15, -0.1) is 0 Å². The fourth-order valence-corrected chi connectivity index (χ4v) is 2.64. The Balaban J connectivity index is 0.000000217. The van der Waals surface area contributed by atoms with Gasteiger partial charge in [0, 0.05) is 25.0 Å². The van der Waals surface area contributed by atoms with E-state index in [0.29, 0.717) is 6.04 Å². The lowest BCUT2D eigenvalue weighted by molar-refractivity contribution is 0.0662. The lowest BCUT2D eigenvalue weighted by Crippen LogP contribution is -2.52. The molecule has 114 valence electrons. The molecule has 0 saturated carbocycles. The van der Waals surface area contributed by atoms with Gasteiger partial charge in [-0.1, -0.05) is 0 Å². The van der Waals surface area contributed by atoms with Gasteiger partial charge in [-0.05, 0) is 26.0 Å². The lowest BCUT2D eigenvalue weighted by Gasteiger charge is -2.41. The second-order valence-corrected chi connectivity index (χ2v) is 6.44. The topological polar surface area (TPSA) is 108 Å². The van der Waals surface area contributed by atoms with Gasteiger partial charge < -0.3 is 14.4 Å². The Labute approximate surface area is 117 Å². The summed E-state index contributed by atoms with van der Waals surface area (Å²) in [6.45, 7) is 5.72. The van der Waals surface area contributed by atoms with Gasteiger partial charge in [-0.25, -0.2) is 4.79 Å². The molecule has 1 fully saturated rings. The van der Waals surface area contributed by atoms with E-state index >= 15 is 0 Å². The van der Waals surface area contributed by atoms with Crippen LogP contribution in [-0.2, 0) is 10.1 Å². The summed E-state index contributed by atoms with van der Waals surface area (Å²) in [4.78, 5) is 12.1. The van der Waals surface area contributed by atoms with Crippen LogP contribution in [0.2, 0.25) is 0 Å². The first-order valence-electron chi connectivity index (χ1n) is 6.15. The number of carboxylic acid groups (broad SMARTS) is 1. The van der Waals surface area contributed by atoms with Crippen molar-refractivity contribution in [1.29, 1.82) is 0 Å². The summed E-state index contributed by atoms with van der Waals surface area (Å²) < 4.78 is 33.9. The molecular formula is C12H19NO6S. The highest BCUT2D eigenvalue weighted by molar-refractivity contribution is 7.85. The molecule has 8 heteroatoms. The zero-order chi connectivity index (χ0) is 15.3. The van der Waals surface area contributed by atoms with Crippen molar-refractivity contribution in [2.75, 3.05) is 18.8 Å². The average Bonchev–Trinajstić information content (AvgIpc) is 2.75. The maximum Gasteiger partial charge on any atom is 0.371 e. The third-order valence-electron chi connectivity index (χ3n) is 2.89. The van der Waals surface area contributed by atoms with Crippen molar-refractivity contribution in [3.63, 3.8) is 0 Å². The van der Waals surface area contributed by atoms with Crippen molar-refractivity contribution in [2.24, 2.45) is 5.92 Å². The summed E-state index contributed by atoms with van der Waals surface area (Å²) in [6.07, 6.45) is 1.32. The Morgan fingerprint density at radius 3 is 2.40 bits per heavy atom. The second kappa shape index (κ2) is 6.87. The fraction of sp³-hybridized carbons (Fsp3) is 0.583. The van der Waals surface area contributed by atoms with Crippen molar-refractivity contribution in [3.05, 3.63) is 24.2 Å². The van der Waals surface area contributed by atoms with Crippen LogP contribution < -0.4 is 0 Å². The monoisotopic (exact) mass is 305 g/mol. The van der Waals surface area contributed by atoms with Crippen LogP contribution in [0.25, 0.3) is 0 Å². The molecule has 2 N–H and O–H groups in total. The van der Waals surface area contributed by atoms with Crippen molar-refractivity contribution in [3.8, 4) is 0 Å². The molecule has 0 bridgehead atoms. The van der Waals surface area contributed by atoms with Crippen molar-refractivity contribution in [2.45, 2.75) is 19.9 Å². The van der Waals surface area contributed by atoms with Gasteiger partial charge in [0.15, 0.2) is 0 Å². The fourth-order valence-electron chi connectivity index (χ4n) is 1.83. The van der Waals surface area contributed by atoms with Gasteiger partial charge in [-0.2, -0.15) is 8.42 Å². The maximum atomic E-state index is 10.4. The zero-order valence-corrected chi connectivity index (χ0v) is 12.2. The molecule has 7 nitrogen and oxygen atoms in total. The Kier molecular flexibility index (Phi) is 5.73.